The Balaban J connectivity index is 1.41. The van der Waals surface area contributed by atoms with Gasteiger partial charge in [-0.25, -0.2) is 9.69 Å². The predicted molar refractivity (Wildman–Crippen MR) is 91.1 cm³/mol. The van der Waals surface area contributed by atoms with E-state index in [-0.39, 0.29) is 11.9 Å². The topological polar surface area (TPSA) is 53.9 Å². The van der Waals surface area contributed by atoms with Crippen LogP contribution in [0.3, 0.4) is 0 Å². The third-order valence-corrected chi connectivity index (χ3v) is 5.61. The van der Waals surface area contributed by atoms with Crippen molar-refractivity contribution in [3.8, 4) is 0 Å². The van der Waals surface area contributed by atoms with Crippen LogP contribution < -0.4 is 10.2 Å². The molecular weight excluding hydrogens is 302 g/mol. The Kier molecular flexibility index (Phi) is 3.68. The van der Waals surface area contributed by atoms with E-state index >= 15 is 0 Å². The lowest BCUT2D eigenvalue weighted by atomic mass is 9.96. The summed E-state index contributed by atoms with van der Waals surface area (Å²) in [6, 6.07) is 10.2. The van der Waals surface area contributed by atoms with Crippen LogP contribution in [0.15, 0.2) is 36.4 Å². The smallest absolute Gasteiger partial charge is 0.323 e. The minimum Gasteiger partial charge on any atom is -0.323 e. The van der Waals surface area contributed by atoms with Gasteiger partial charge in [0, 0.05) is 6.42 Å². The van der Waals surface area contributed by atoms with Crippen LogP contribution in [0.25, 0.3) is 5.57 Å². The van der Waals surface area contributed by atoms with Gasteiger partial charge in [0.2, 0.25) is 0 Å². The second-order valence-electron chi connectivity index (χ2n) is 7.35. The van der Waals surface area contributed by atoms with Gasteiger partial charge in [-0.2, -0.15) is 0 Å². The van der Waals surface area contributed by atoms with Gasteiger partial charge in [0.1, 0.15) is 5.54 Å². The maximum Gasteiger partial charge on any atom is 0.329 e. The number of quaternary nitrogens is 1. The zero-order valence-electron chi connectivity index (χ0n) is 14.0. The number of carbonyl (C=O) groups is 2. The number of rotatable bonds is 4. The molecule has 24 heavy (non-hydrogen) atoms. The Morgan fingerprint density at radius 3 is 2.62 bits per heavy atom. The summed E-state index contributed by atoms with van der Waals surface area (Å²) in [6.45, 7) is 4.13. The van der Waals surface area contributed by atoms with Gasteiger partial charge in [-0.3, -0.25) is 4.79 Å². The summed E-state index contributed by atoms with van der Waals surface area (Å²) >= 11 is 0. The molecule has 5 nitrogen and oxygen atoms in total. The van der Waals surface area contributed by atoms with Gasteiger partial charge in [0.05, 0.1) is 13.1 Å². The van der Waals surface area contributed by atoms with Crippen molar-refractivity contribution >= 4 is 17.5 Å². The number of urea groups is 1. The quantitative estimate of drug-likeness (QED) is 0.812. The second-order valence-corrected chi connectivity index (χ2v) is 7.35. The van der Waals surface area contributed by atoms with Gasteiger partial charge in [-0.15, -0.1) is 0 Å². The maximum absolute atomic E-state index is 12.7. The summed E-state index contributed by atoms with van der Waals surface area (Å²) in [5.74, 6) is 0.278. The number of carbonyl (C=O) groups excluding carboxylic acids is 2. The van der Waals surface area contributed by atoms with E-state index in [4.69, 9.17) is 0 Å². The number of nitrogens with zero attached hydrogens (tertiary/aromatic N) is 1. The fourth-order valence-corrected chi connectivity index (χ4v) is 3.86. The molecule has 1 saturated heterocycles. The summed E-state index contributed by atoms with van der Waals surface area (Å²) in [6.07, 6.45) is 5.29. The highest BCUT2D eigenvalue weighted by Crippen LogP contribution is 2.42. The van der Waals surface area contributed by atoms with E-state index in [0.717, 1.165) is 32.4 Å². The minimum atomic E-state index is -0.669. The van der Waals surface area contributed by atoms with Crippen LogP contribution in [-0.4, -0.2) is 42.1 Å². The maximum atomic E-state index is 12.7. The molecule has 4 rings (SSSR count). The lowest BCUT2D eigenvalue weighted by Gasteiger charge is -2.27. The highest BCUT2D eigenvalue weighted by Gasteiger charge is 2.56. The van der Waals surface area contributed by atoms with Gasteiger partial charge >= 0.3 is 6.03 Å². The number of amides is 3. The molecule has 0 radical (unpaired) electrons. The van der Waals surface area contributed by atoms with Crippen molar-refractivity contribution in [2.24, 2.45) is 5.92 Å². The van der Waals surface area contributed by atoms with Gasteiger partial charge < -0.3 is 10.2 Å². The Labute approximate surface area is 142 Å². The number of nitrogens with one attached hydrogen (secondary N) is 2. The van der Waals surface area contributed by atoms with Gasteiger partial charge in [0.25, 0.3) is 5.91 Å². The third-order valence-electron chi connectivity index (χ3n) is 5.61. The zero-order chi connectivity index (χ0) is 16.7. The van der Waals surface area contributed by atoms with Crippen LogP contribution in [-0.2, 0) is 4.79 Å². The molecular formula is C19H24N3O2+. The first kappa shape index (κ1) is 15.4. The number of hydrogen-bond donors (Lipinski definition) is 2. The molecule has 3 aliphatic rings. The molecule has 2 fully saturated rings. The zero-order valence-corrected chi connectivity index (χ0v) is 14.0. The standard InChI is InChI=1S/C19H23N3O2/c1-19(16-7-8-16)17(23)22(18(24)20-19)13-21-11-9-15(10-12-21)14-5-3-2-4-6-14/h2-6,9,16H,7-8,10-13H2,1H3,(H,20,24)/p+1/t19-/m1/s1. The Hall–Kier alpha value is -2.14. The van der Waals surface area contributed by atoms with Crippen LogP contribution in [0.1, 0.15) is 31.7 Å². The number of imide groups is 1. The lowest BCUT2D eigenvalue weighted by Crippen LogP contribution is -3.14. The van der Waals surface area contributed by atoms with E-state index in [1.165, 1.54) is 20.9 Å². The molecule has 1 aromatic carbocycles. The minimum absolute atomic E-state index is 0.0414. The first-order valence-electron chi connectivity index (χ1n) is 8.80. The molecule has 2 aliphatic heterocycles. The second kappa shape index (κ2) is 5.74. The monoisotopic (exact) mass is 326 g/mol. The number of benzene rings is 1. The highest BCUT2D eigenvalue weighted by atomic mass is 16.2. The molecule has 0 bridgehead atoms. The van der Waals surface area contributed by atoms with E-state index in [0.29, 0.717) is 12.6 Å². The van der Waals surface area contributed by atoms with Crippen molar-refractivity contribution in [3.63, 3.8) is 0 Å². The van der Waals surface area contributed by atoms with Crippen LogP contribution in [0.2, 0.25) is 0 Å². The molecule has 0 spiro atoms. The molecule has 5 heteroatoms. The summed E-state index contributed by atoms with van der Waals surface area (Å²) < 4.78 is 0. The van der Waals surface area contributed by atoms with Crippen molar-refractivity contribution in [2.45, 2.75) is 31.7 Å². The molecule has 1 saturated carbocycles. The molecule has 2 N–H and O–H groups in total. The van der Waals surface area contributed by atoms with Crippen LogP contribution in [0.4, 0.5) is 4.79 Å². The Morgan fingerprint density at radius 2 is 2.00 bits per heavy atom. The fourth-order valence-electron chi connectivity index (χ4n) is 3.86. The average Bonchev–Trinajstić information content (AvgIpc) is 3.43. The largest absolute Gasteiger partial charge is 0.329 e. The fraction of sp³-hybridized carbons (Fsp3) is 0.474. The molecule has 3 amide bonds. The van der Waals surface area contributed by atoms with E-state index in [1.807, 2.05) is 13.0 Å². The van der Waals surface area contributed by atoms with Gasteiger partial charge in [0.15, 0.2) is 6.67 Å². The van der Waals surface area contributed by atoms with Crippen LogP contribution in [0.5, 0.6) is 0 Å². The average molecular weight is 326 g/mol. The Bertz CT molecular complexity index is 696. The number of hydrogen-bond acceptors (Lipinski definition) is 2. The van der Waals surface area contributed by atoms with E-state index in [2.05, 4.69) is 35.7 Å². The van der Waals surface area contributed by atoms with Crippen molar-refractivity contribution in [1.82, 2.24) is 10.2 Å². The first-order valence-corrected chi connectivity index (χ1v) is 8.80. The first-order chi connectivity index (χ1) is 11.6. The molecule has 2 heterocycles. The summed E-state index contributed by atoms with van der Waals surface area (Å²) in [7, 11) is 0. The van der Waals surface area contributed by atoms with Crippen LogP contribution in [0, 0.1) is 5.92 Å². The van der Waals surface area contributed by atoms with E-state index < -0.39 is 5.54 Å². The predicted octanol–water partition coefficient (Wildman–Crippen LogP) is 1.04. The lowest BCUT2D eigenvalue weighted by molar-refractivity contribution is -0.902. The van der Waals surface area contributed by atoms with Crippen molar-refractivity contribution in [1.29, 1.82) is 0 Å². The summed E-state index contributed by atoms with van der Waals surface area (Å²) in [5.41, 5.74) is 1.96. The molecule has 1 aliphatic carbocycles. The molecule has 0 aromatic heterocycles. The summed E-state index contributed by atoms with van der Waals surface area (Å²) in [5, 5.41) is 2.92. The molecule has 1 aromatic rings. The van der Waals surface area contributed by atoms with Crippen molar-refractivity contribution in [2.75, 3.05) is 19.8 Å². The van der Waals surface area contributed by atoms with Crippen molar-refractivity contribution in [3.05, 3.63) is 42.0 Å². The SMILES string of the molecule is C[C@]1(C2CC2)NC(=O)N(C[NH+]2CC=C(c3ccccc3)CC2)C1=O. The van der Waals surface area contributed by atoms with E-state index in [9.17, 15) is 9.59 Å². The van der Waals surface area contributed by atoms with Gasteiger partial charge in [-0.05, 0) is 42.9 Å². The van der Waals surface area contributed by atoms with Gasteiger partial charge in [-0.1, -0.05) is 30.3 Å². The highest BCUT2D eigenvalue weighted by molar-refractivity contribution is 6.07. The van der Waals surface area contributed by atoms with Crippen molar-refractivity contribution < 1.29 is 14.5 Å². The summed E-state index contributed by atoms with van der Waals surface area (Å²) in [4.78, 5) is 27.6. The normalized spacial score (nSPS) is 30.3. The molecule has 126 valence electrons. The molecule has 2 atom stereocenters. The Morgan fingerprint density at radius 1 is 1.25 bits per heavy atom. The molecule has 1 unspecified atom stereocenters. The van der Waals surface area contributed by atoms with E-state index in [1.54, 1.807) is 0 Å². The third kappa shape index (κ3) is 2.63. The van der Waals surface area contributed by atoms with Crippen LogP contribution >= 0.6 is 0 Å².